The Labute approximate surface area is 114 Å². The largest absolute Gasteiger partial charge is 0.508 e. The van der Waals surface area contributed by atoms with Crippen molar-refractivity contribution in [3.63, 3.8) is 0 Å². The highest BCUT2D eigenvalue weighted by atomic mass is 32.2. The average molecular weight is 303 g/mol. The molecular weight excluding hydrogens is 290 g/mol. The smallest absolute Gasteiger partial charge is 0.337 e. The number of rotatable bonds is 5. The van der Waals surface area contributed by atoms with Gasteiger partial charge in [-0.2, -0.15) is 0 Å². The van der Waals surface area contributed by atoms with Gasteiger partial charge in [0.2, 0.25) is 10.0 Å². The highest BCUT2D eigenvalue weighted by molar-refractivity contribution is 7.89. The second-order valence-electron chi connectivity index (χ2n) is 3.78. The van der Waals surface area contributed by atoms with Crippen molar-refractivity contribution in [3.8, 4) is 5.75 Å². The van der Waals surface area contributed by atoms with E-state index in [0.29, 0.717) is 0 Å². The molecule has 20 heavy (non-hydrogen) atoms. The molecule has 0 bridgehead atoms. The van der Waals surface area contributed by atoms with E-state index in [1.165, 1.54) is 12.1 Å². The number of phenolic OH excluding ortho intramolecular Hbond substituents is 1. The van der Waals surface area contributed by atoms with E-state index in [-0.39, 0.29) is 23.5 Å². The number of primary sulfonamides is 1. The van der Waals surface area contributed by atoms with Crippen molar-refractivity contribution in [1.82, 2.24) is 5.32 Å². The monoisotopic (exact) mass is 303 g/mol. The standard InChI is InChI=1S/C10H13N3O6S/c11-20(18,19)4-3-12-10(17)13-8-2-1-6(14)5-7(8)9(15)16/h1-2,5,14H,3-4H2,(H,15,16)(H2,11,18,19)(H2,12,13,17). The van der Waals surface area contributed by atoms with Gasteiger partial charge in [-0.25, -0.2) is 23.1 Å². The molecule has 0 saturated carbocycles. The van der Waals surface area contributed by atoms with E-state index < -0.39 is 27.8 Å². The zero-order chi connectivity index (χ0) is 15.3. The topological polar surface area (TPSA) is 159 Å². The first-order valence-electron chi connectivity index (χ1n) is 5.30. The molecule has 10 heteroatoms. The van der Waals surface area contributed by atoms with Crippen LogP contribution in [-0.4, -0.2) is 42.9 Å². The van der Waals surface area contributed by atoms with Crippen LogP contribution in [0.2, 0.25) is 0 Å². The minimum Gasteiger partial charge on any atom is -0.508 e. The Balaban J connectivity index is 2.69. The van der Waals surface area contributed by atoms with Crippen LogP contribution in [0.5, 0.6) is 5.75 Å². The van der Waals surface area contributed by atoms with E-state index >= 15 is 0 Å². The van der Waals surface area contributed by atoms with Gasteiger partial charge >= 0.3 is 12.0 Å². The Hall–Kier alpha value is -2.33. The fourth-order valence-electron chi connectivity index (χ4n) is 1.29. The van der Waals surface area contributed by atoms with Gasteiger partial charge in [-0.15, -0.1) is 0 Å². The average Bonchev–Trinajstić information content (AvgIpc) is 2.29. The summed E-state index contributed by atoms with van der Waals surface area (Å²) in [5.74, 6) is -2.04. The fraction of sp³-hybridized carbons (Fsp3) is 0.200. The van der Waals surface area contributed by atoms with Crippen LogP contribution in [-0.2, 0) is 10.0 Å². The lowest BCUT2D eigenvalue weighted by atomic mass is 10.1. The van der Waals surface area contributed by atoms with E-state index in [1.54, 1.807) is 0 Å². The fourth-order valence-corrected chi connectivity index (χ4v) is 1.68. The first kappa shape index (κ1) is 15.7. The molecule has 0 spiro atoms. The molecule has 6 N–H and O–H groups in total. The summed E-state index contributed by atoms with van der Waals surface area (Å²) in [4.78, 5) is 22.4. The number of aromatic carboxylic acids is 1. The molecule has 0 fully saturated rings. The number of amides is 2. The molecule has 9 nitrogen and oxygen atoms in total. The molecular formula is C10H13N3O6S. The first-order valence-corrected chi connectivity index (χ1v) is 7.02. The lowest BCUT2D eigenvalue weighted by molar-refractivity contribution is 0.0697. The third-order valence-corrected chi connectivity index (χ3v) is 2.93. The van der Waals surface area contributed by atoms with Crippen LogP contribution in [0, 0.1) is 0 Å². The van der Waals surface area contributed by atoms with Crippen LogP contribution in [0.1, 0.15) is 10.4 Å². The van der Waals surface area contributed by atoms with Crippen molar-refractivity contribution >= 4 is 27.7 Å². The van der Waals surface area contributed by atoms with Gasteiger partial charge in [0.05, 0.1) is 17.0 Å². The van der Waals surface area contributed by atoms with E-state index in [1.807, 2.05) is 0 Å². The molecule has 1 aromatic carbocycles. The molecule has 2 amide bonds. The summed E-state index contributed by atoms with van der Waals surface area (Å²) in [6.45, 7) is -0.217. The molecule has 110 valence electrons. The third-order valence-electron chi connectivity index (χ3n) is 2.15. The number of carbonyl (C=O) groups excluding carboxylic acids is 1. The number of phenols is 1. The number of carbonyl (C=O) groups is 2. The molecule has 1 aromatic rings. The summed E-state index contributed by atoms with van der Waals surface area (Å²) in [7, 11) is -3.69. The molecule has 0 heterocycles. The summed E-state index contributed by atoms with van der Waals surface area (Å²) in [6.07, 6.45) is 0. The van der Waals surface area contributed by atoms with Crippen molar-refractivity contribution < 1.29 is 28.2 Å². The maximum Gasteiger partial charge on any atom is 0.337 e. The van der Waals surface area contributed by atoms with Crippen LogP contribution < -0.4 is 15.8 Å². The lowest BCUT2D eigenvalue weighted by Crippen LogP contribution is -2.34. The molecule has 0 aliphatic heterocycles. The molecule has 0 aromatic heterocycles. The first-order chi connectivity index (χ1) is 9.19. The number of hydrogen-bond acceptors (Lipinski definition) is 5. The Bertz CT molecular complexity index is 628. The molecule has 0 radical (unpaired) electrons. The van der Waals surface area contributed by atoms with Crippen molar-refractivity contribution in [2.75, 3.05) is 17.6 Å². The molecule has 1 rings (SSSR count). The van der Waals surface area contributed by atoms with Gasteiger partial charge in [0.25, 0.3) is 0 Å². The quantitative estimate of drug-likeness (QED) is 0.461. The number of carboxylic acid groups (broad SMARTS) is 1. The number of urea groups is 1. The van der Waals surface area contributed by atoms with Crippen LogP contribution in [0.25, 0.3) is 0 Å². The molecule has 0 unspecified atom stereocenters. The highest BCUT2D eigenvalue weighted by Crippen LogP contribution is 2.21. The zero-order valence-corrected chi connectivity index (χ0v) is 11.0. The van der Waals surface area contributed by atoms with Crippen LogP contribution in [0.15, 0.2) is 18.2 Å². The minimum absolute atomic E-state index is 0.0385. The number of sulfonamides is 1. The Morgan fingerprint density at radius 2 is 1.95 bits per heavy atom. The Kier molecular flexibility index (Phi) is 4.88. The molecule has 0 aliphatic rings. The molecule has 0 aliphatic carbocycles. The van der Waals surface area contributed by atoms with Crippen molar-refractivity contribution in [2.24, 2.45) is 5.14 Å². The highest BCUT2D eigenvalue weighted by Gasteiger charge is 2.13. The van der Waals surface area contributed by atoms with Gasteiger partial charge in [0.15, 0.2) is 0 Å². The SMILES string of the molecule is NS(=O)(=O)CCNC(=O)Nc1ccc(O)cc1C(=O)O. The van der Waals surface area contributed by atoms with Gasteiger partial charge < -0.3 is 20.8 Å². The third kappa shape index (κ3) is 5.12. The van der Waals surface area contributed by atoms with E-state index in [0.717, 1.165) is 6.07 Å². The van der Waals surface area contributed by atoms with Gasteiger partial charge in [-0.3, -0.25) is 0 Å². The second-order valence-corrected chi connectivity index (χ2v) is 5.52. The predicted octanol–water partition coefficient (Wildman–Crippen LogP) is -0.500. The van der Waals surface area contributed by atoms with Crippen LogP contribution in [0.4, 0.5) is 10.5 Å². The van der Waals surface area contributed by atoms with Crippen molar-refractivity contribution in [2.45, 2.75) is 0 Å². The van der Waals surface area contributed by atoms with Crippen LogP contribution in [0.3, 0.4) is 0 Å². The van der Waals surface area contributed by atoms with Crippen molar-refractivity contribution in [1.29, 1.82) is 0 Å². The van der Waals surface area contributed by atoms with Crippen LogP contribution >= 0.6 is 0 Å². The minimum atomic E-state index is -3.69. The summed E-state index contributed by atoms with van der Waals surface area (Å²) < 4.78 is 21.3. The summed E-state index contributed by atoms with van der Waals surface area (Å²) >= 11 is 0. The Morgan fingerprint density at radius 1 is 1.30 bits per heavy atom. The van der Waals surface area contributed by atoms with E-state index in [4.69, 9.17) is 10.2 Å². The molecule has 0 saturated heterocycles. The maximum atomic E-state index is 11.4. The second kappa shape index (κ2) is 6.21. The summed E-state index contributed by atoms with van der Waals surface area (Å²) in [5.41, 5.74) is -0.338. The lowest BCUT2D eigenvalue weighted by Gasteiger charge is -2.09. The number of nitrogens with two attached hydrogens (primary N) is 1. The summed E-state index contributed by atoms with van der Waals surface area (Å²) in [6, 6.07) is 2.59. The number of carboxylic acids is 1. The summed E-state index contributed by atoms with van der Waals surface area (Å²) in [5, 5.41) is 27.3. The number of anilines is 1. The maximum absolute atomic E-state index is 11.4. The van der Waals surface area contributed by atoms with E-state index in [9.17, 15) is 23.1 Å². The van der Waals surface area contributed by atoms with Gasteiger partial charge in [-0.05, 0) is 18.2 Å². The zero-order valence-electron chi connectivity index (χ0n) is 10.2. The van der Waals surface area contributed by atoms with Crippen molar-refractivity contribution in [3.05, 3.63) is 23.8 Å². The number of nitrogens with one attached hydrogen (secondary N) is 2. The Morgan fingerprint density at radius 3 is 2.50 bits per heavy atom. The van der Waals surface area contributed by atoms with Gasteiger partial charge in [0, 0.05) is 6.54 Å². The van der Waals surface area contributed by atoms with E-state index in [2.05, 4.69) is 10.6 Å². The number of hydrogen-bond donors (Lipinski definition) is 5. The molecule has 0 atom stereocenters. The van der Waals surface area contributed by atoms with Gasteiger partial charge in [-0.1, -0.05) is 0 Å². The normalized spacial score (nSPS) is 10.8. The number of benzene rings is 1. The van der Waals surface area contributed by atoms with Gasteiger partial charge in [0.1, 0.15) is 5.75 Å². The number of aromatic hydroxyl groups is 1. The predicted molar refractivity (Wildman–Crippen MR) is 70.1 cm³/mol.